The van der Waals surface area contributed by atoms with Crippen LogP contribution in [0.1, 0.15) is 31.2 Å². The van der Waals surface area contributed by atoms with Gasteiger partial charge in [-0.15, -0.1) is 5.26 Å². The van der Waals surface area contributed by atoms with Gasteiger partial charge in [0.05, 0.1) is 26.6 Å². The summed E-state index contributed by atoms with van der Waals surface area (Å²) in [6.07, 6.45) is 1.31. The molecule has 1 rings (SSSR count). The van der Waals surface area contributed by atoms with Gasteiger partial charge in [0.25, 0.3) is 6.26 Å². The monoisotopic (exact) mass is 291 g/mol. The van der Waals surface area contributed by atoms with Gasteiger partial charge in [-0.25, -0.2) is 0 Å². The highest BCUT2D eigenvalue weighted by Crippen LogP contribution is 2.26. The Morgan fingerprint density at radius 3 is 2.33 bits per heavy atom. The number of esters is 2. The van der Waals surface area contributed by atoms with Crippen molar-refractivity contribution in [1.29, 1.82) is 5.26 Å². The van der Waals surface area contributed by atoms with Gasteiger partial charge in [0.15, 0.2) is 0 Å². The van der Waals surface area contributed by atoms with E-state index in [1.807, 2.05) is 0 Å². The SMILES string of the molecule is CCOC(=O)CC(CC(=O)OC#N)c1ccc(OC)cc1. The van der Waals surface area contributed by atoms with Crippen molar-refractivity contribution >= 4 is 11.9 Å². The van der Waals surface area contributed by atoms with E-state index in [2.05, 4.69) is 4.74 Å². The molecule has 0 N–H and O–H groups in total. The number of nitriles is 1. The van der Waals surface area contributed by atoms with Crippen LogP contribution in [0.4, 0.5) is 0 Å². The van der Waals surface area contributed by atoms with Crippen LogP contribution < -0.4 is 4.74 Å². The average molecular weight is 291 g/mol. The number of hydrogen-bond acceptors (Lipinski definition) is 6. The summed E-state index contributed by atoms with van der Waals surface area (Å²) < 4.78 is 14.2. The Labute approximate surface area is 123 Å². The lowest BCUT2D eigenvalue weighted by molar-refractivity contribution is -0.144. The summed E-state index contributed by atoms with van der Waals surface area (Å²) in [4.78, 5) is 23.1. The van der Waals surface area contributed by atoms with Crippen LogP contribution in [0.2, 0.25) is 0 Å². The van der Waals surface area contributed by atoms with E-state index in [0.717, 1.165) is 5.56 Å². The molecule has 1 unspecified atom stereocenters. The number of hydrogen-bond donors (Lipinski definition) is 0. The second kappa shape index (κ2) is 8.59. The van der Waals surface area contributed by atoms with Crippen molar-refractivity contribution in [3.63, 3.8) is 0 Å². The second-order valence-electron chi connectivity index (χ2n) is 4.25. The van der Waals surface area contributed by atoms with Crippen molar-refractivity contribution in [3.05, 3.63) is 29.8 Å². The van der Waals surface area contributed by atoms with E-state index < -0.39 is 17.9 Å². The summed E-state index contributed by atoms with van der Waals surface area (Å²) in [6, 6.07) is 7.01. The molecule has 21 heavy (non-hydrogen) atoms. The summed E-state index contributed by atoms with van der Waals surface area (Å²) in [7, 11) is 1.55. The summed E-state index contributed by atoms with van der Waals surface area (Å²) in [5, 5.41) is 8.35. The number of carbonyl (C=O) groups excluding carboxylic acids is 2. The molecule has 0 heterocycles. The molecule has 1 aromatic carbocycles. The van der Waals surface area contributed by atoms with E-state index in [4.69, 9.17) is 14.7 Å². The molecule has 6 nitrogen and oxygen atoms in total. The van der Waals surface area contributed by atoms with Crippen LogP contribution in [0.15, 0.2) is 24.3 Å². The van der Waals surface area contributed by atoms with Gasteiger partial charge >= 0.3 is 11.9 Å². The number of carbonyl (C=O) groups is 2. The molecule has 112 valence electrons. The van der Waals surface area contributed by atoms with Gasteiger partial charge in [-0.2, -0.15) is 0 Å². The summed E-state index contributed by atoms with van der Waals surface area (Å²) >= 11 is 0. The second-order valence-corrected chi connectivity index (χ2v) is 4.25. The smallest absolute Gasteiger partial charge is 0.322 e. The van der Waals surface area contributed by atoms with Gasteiger partial charge in [-0.1, -0.05) is 12.1 Å². The molecule has 6 heteroatoms. The van der Waals surface area contributed by atoms with Gasteiger partial charge in [0.2, 0.25) is 0 Å². The van der Waals surface area contributed by atoms with E-state index in [9.17, 15) is 9.59 Å². The van der Waals surface area contributed by atoms with Gasteiger partial charge < -0.3 is 14.2 Å². The molecule has 0 bridgehead atoms. The highest BCUT2D eigenvalue weighted by Gasteiger charge is 2.21. The quantitative estimate of drug-likeness (QED) is 0.565. The highest BCUT2D eigenvalue weighted by molar-refractivity contribution is 5.75. The van der Waals surface area contributed by atoms with E-state index in [1.165, 1.54) is 6.26 Å². The Bertz CT molecular complexity index is 518. The Kier molecular flexibility index (Phi) is 6.75. The number of rotatable bonds is 7. The molecule has 0 aromatic heterocycles. The van der Waals surface area contributed by atoms with Crippen molar-refractivity contribution in [2.75, 3.05) is 13.7 Å². The molecule has 1 atom stereocenters. The Balaban J connectivity index is 2.85. The molecule has 0 saturated carbocycles. The Morgan fingerprint density at radius 2 is 1.81 bits per heavy atom. The largest absolute Gasteiger partial charge is 0.497 e. The first-order valence-corrected chi connectivity index (χ1v) is 6.49. The van der Waals surface area contributed by atoms with Crippen molar-refractivity contribution < 1.29 is 23.8 Å². The van der Waals surface area contributed by atoms with Crippen LogP contribution in [0.5, 0.6) is 5.75 Å². The van der Waals surface area contributed by atoms with Crippen LogP contribution in [-0.2, 0) is 19.1 Å². The molecule has 0 amide bonds. The zero-order chi connectivity index (χ0) is 15.7. The topological polar surface area (TPSA) is 85.6 Å². The first kappa shape index (κ1) is 16.5. The zero-order valence-corrected chi connectivity index (χ0v) is 12.0. The third kappa shape index (κ3) is 5.53. The fourth-order valence-corrected chi connectivity index (χ4v) is 1.90. The summed E-state index contributed by atoms with van der Waals surface area (Å²) in [5.74, 6) is -0.810. The van der Waals surface area contributed by atoms with Crippen molar-refractivity contribution in [3.8, 4) is 12.0 Å². The van der Waals surface area contributed by atoms with Crippen LogP contribution in [0, 0.1) is 11.5 Å². The van der Waals surface area contributed by atoms with Crippen LogP contribution in [0.25, 0.3) is 0 Å². The van der Waals surface area contributed by atoms with Crippen LogP contribution in [-0.4, -0.2) is 25.7 Å². The molecular formula is C15H17NO5. The number of methoxy groups -OCH3 is 1. The lowest BCUT2D eigenvalue weighted by Gasteiger charge is -2.15. The molecule has 1 aromatic rings. The van der Waals surface area contributed by atoms with E-state index in [-0.39, 0.29) is 19.4 Å². The third-order valence-electron chi connectivity index (χ3n) is 2.88. The molecule has 0 aliphatic rings. The minimum Gasteiger partial charge on any atom is -0.497 e. The van der Waals surface area contributed by atoms with E-state index >= 15 is 0 Å². The minimum atomic E-state index is -0.678. The highest BCUT2D eigenvalue weighted by atomic mass is 16.5. The van der Waals surface area contributed by atoms with Crippen molar-refractivity contribution in [2.45, 2.75) is 25.7 Å². The van der Waals surface area contributed by atoms with Crippen molar-refractivity contribution in [1.82, 2.24) is 0 Å². The number of ether oxygens (including phenoxy) is 3. The van der Waals surface area contributed by atoms with Crippen LogP contribution in [0.3, 0.4) is 0 Å². The minimum absolute atomic E-state index is 0.0424. The molecule has 0 saturated heterocycles. The van der Waals surface area contributed by atoms with Gasteiger partial charge in [0.1, 0.15) is 5.75 Å². The fraction of sp³-hybridized carbons (Fsp3) is 0.400. The first-order valence-electron chi connectivity index (χ1n) is 6.49. The summed E-state index contributed by atoms with van der Waals surface area (Å²) in [6.45, 7) is 1.99. The Morgan fingerprint density at radius 1 is 1.19 bits per heavy atom. The predicted octanol–water partition coefficient (Wildman–Crippen LogP) is 2.15. The lowest BCUT2D eigenvalue weighted by Crippen LogP contribution is -2.14. The Hall–Kier alpha value is -2.55. The molecule has 0 fully saturated rings. The standard InChI is InChI=1S/C15H17NO5/c1-3-20-14(17)8-12(9-15(18)21-10-16)11-4-6-13(19-2)7-5-11/h4-7,12H,3,8-9H2,1-2H3. The maximum Gasteiger partial charge on any atom is 0.322 e. The van der Waals surface area contributed by atoms with E-state index in [0.29, 0.717) is 5.75 Å². The lowest BCUT2D eigenvalue weighted by atomic mass is 9.92. The maximum atomic E-state index is 11.6. The first-order chi connectivity index (χ1) is 10.1. The number of benzene rings is 1. The number of nitrogens with zero attached hydrogens (tertiary/aromatic N) is 1. The molecule has 0 radical (unpaired) electrons. The van der Waals surface area contributed by atoms with E-state index in [1.54, 1.807) is 38.3 Å². The third-order valence-corrected chi connectivity index (χ3v) is 2.88. The fourth-order valence-electron chi connectivity index (χ4n) is 1.90. The zero-order valence-electron chi connectivity index (χ0n) is 12.0. The summed E-state index contributed by atoms with van der Waals surface area (Å²) in [5.41, 5.74) is 0.777. The van der Waals surface area contributed by atoms with Crippen molar-refractivity contribution in [2.24, 2.45) is 0 Å². The molecular weight excluding hydrogens is 274 g/mol. The normalized spacial score (nSPS) is 11.1. The molecule has 0 aliphatic carbocycles. The van der Waals surface area contributed by atoms with Gasteiger partial charge in [-0.05, 0) is 24.6 Å². The molecule has 0 spiro atoms. The van der Waals surface area contributed by atoms with Gasteiger partial charge in [0, 0.05) is 5.92 Å². The maximum absolute atomic E-state index is 11.6. The molecule has 0 aliphatic heterocycles. The predicted molar refractivity (Wildman–Crippen MR) is 73.3 cm³/mol. The van der Waals surface area contributed by atoms with Gasteiger partial charge in [-0.3, -0.25) is 9.59 Å². The average Bonchev–Trinajstić information content (AvgIpc) is 2.47. The van der Waals surface area contributed by atoms with Crippen LogP contribution >= 0.6 is 0 Å².